The molecule has 0 amide bonds. The zero-order chi connectivity index (χ0) is 23.2. The highest BCUT2D eigenvalue weighted by Gasteiger charge is 2.13. The Morgan fingerprint density at radius 2 is 1.30 bits per heavy atom. The van der Waals surface area contributed by atoms with Crippen LogP contribution < -0.4 is 4.90 Å². The largest absolute Gasteiger partial charge is 0.477 e. The van der Waals surface area contributed by atoms with Gasteiger partial charge < -0.3 is 10.0 Å². The van der Waals surface area contributed by atoms with Crippen LogP contribution >= 0.6 is 0 Å². The second-order valence-corrected chi connectivity index (χ2v) is 7.26. The highest BCUT2D eigenvalue weighted by atomic mass is 19.1. The van der Waals surface area contributed by atoms with E-state index in [1.807, 2.05) is 84.9 Å². The molecule has 4 aromatic rings. The van der Waals surface area contributed by atoms with E-state index in [-0.39, 0.29) is 5.56 Å². The van der Waals surface area contributed by atoms with Gasteiger partial charge in [0.1, 0.15) is 17.5 Å². The zero-order valence-electron chi connectivity index (χ0n) is 17.5. The smallest absolute Gasteiger partial charge is 0.346 e. The van der Waals surface area contributed by atoms with Crippen LogP contribution in [0.2, 0.25) is 0 Å². The van der Waals surface area contributed by atoms with Crippen LogP contribution in [0.3, 0.4) is 0 Å². The Labute approximate surface area is 191 Å². The number of anilines is 3. The summed E-state index contributed by atoms with van der Waals surface area (Å²) in [5.41, 5.74) is 3.98. The lowest BCUT2D eigenvalue weighted by Gasteiger charge is -2.25. The molecule has 0 aliphatic rings. The third-order valence-electron chi connectivity index (χ3n) is 5.14. The molecule has 33 heavy (non-hydrogen) atoms. The topological polar surface area (TPSA) is 64.3 Å². The van der Waals surface area contributed by atoms with Gasteiger partial charge >= 0.3 is 5.97 Å². The number of carbonyl (C=O) groups is 1. The predicted molar refractivity (Wildman–Crippen MR) is 128 cm³/mol. The number of hydrogen-bond donors (Lipinski definition) is 1. The number of carboxylic acids is 1. The molecule has 0 spiro atoms. The zero-order valence-corrected chi connectivity index (χ0v) is 17.5. The first-order chi connectivity index (χ1) is 16.1. The van der Waals surface area contributed by atoms with Crippen molar-refractivity contribution >= 4 is 29.1 Å². The molecular formula is C28H19FN2O2. The molecule has 0 aromatic heterocycles. The highest BCUT2D eigenvalue weighted by Crippen LogP contribution is 2.35. The van der Waals surface area contributed by atoms with Crippen molar-refractivity contribution in [1.29, 1.82) is 5.26 Å². The van der Waals surface area contributed by atoms with Gasteiger partial charge in [0, 0.05) is 22.6 Å². The van der Waals surface area contributed by atoms with Gasteiger partial charge in [0.2, 0.25) is 0 Å². The van der Waals surface area contributed by atoms with Gasteiger partial charge in [-0.2, -0.15) is 5.26 Å². The van der Waals surface area contributed by atoms with Crippen molar-refractivity contribution in [2.24, 2.45) is 0 Å². The summed E-state index contributed by atoms with van der Waals surface area (Å²) < 4.78 is 14.6. The van der Waals surface area contributed by atoms with E-state index in [9.17, 15) is 9.18 Å². The molecule has 0 aliphatic carbocycles. The predicted octanol–water partition coefficient (Wildman–Crippen LogP) is 6.95. The molecule has 4 rings (SSSR count). The second kappa shape index (κ2) is 9.63. The molecular weight excluding hydrogens is 415 g/mol. The number of para-hydroxylation sites is 2. The Hall–Kier alpha value is -4.69. The third kappa shape index (κ3) is 4.81. The standard InChI is InChI=1S/C28H19FN2O2/c29-27-18-21(11-12-22(27)17-23(19-30)28(32)33)20-13-15-26(16-14-20)31(24-7-3-1-4-8-24)25-9-5-2-6-10-25/h1-18H,(H,32,33)/b23-17+. The highest BCUT2D eigenvalue weighted by molar-refractivity contribution is 5.96. The van der Waals surface area contributed by atoms with Gasteiger partial charge in [-0.05, 0) is 59.7 Å². The lowest BCUT2D eigenvalue weighted by molar-refractivity contribution is -0.132. The molecule has 0 aliphatic heterocycles. The summed E-state index contributed by atoms with van der Waals surface area (Å²) in [5, 5.41) is 17.9. The van der Waals surface area contributed by atoms with Crippen LogP contribution in [0.15, 0.2) is 109 Å². The van der Waals surface area contributed by atoms with Crippen molar-refractivity contribution < 1.29 is 14.3 Å². The summed E-state index contributed by atoms with van der Waals surface area (Å²) >= 11 is 0. The number of aliphatic carboxylic acids is 1. The molecule has 1 N–H and O–H groups in total. The maximum Gasteiger partial charge on any atom is 0.346 e. The molecule has 5 heteroatoms. The summed E-state index contributed by atoms with van der Waals surface area (Å²) in [4.78, 5) is 13.1. The average molecular weight is 434 g/mol. The SMILES string of the molecule is N#C/C(=C\c1ccc(-c2ccc(N(c3ccccc3)c3ccccc3)cc2)cc1F)C(=O)O. The number of hydrogen-bond acceptors (Lipinski definition) is 3. The van der Waals surface area contributed by atoms with E-state index in [1.54, 1.807) is 12.1 Å². The third-order valence-corrected chi connectivity index (χ3v) is 5.14. The Bertz CT molecular complexity index is 1300. The van der Waals surface area contributed by atoms with Gasteiger partial charge in [-0.25, -0.2) is 9.18 Å². The Morgan fingerprint density at radius 3 is 1.79 bits per heavy atom. The molecule has 0 heterocycles. The molecule has 4 aromatic carbocycles. The molecule has 0 bridgehead atoms. The van der Waals surface area contributed by atoms with Crippen LogP contribution in [-0.2, 0) is 4.79 Å². The fourth-order valence-corrected chi connectivity index (χ4v) is 3.53. The van der Waals surface area contributed by atoms with E-state index in [1.165, 1.54) is 12.1 Å². The van der Waals surface area contributed by atoms with Crippen LogP contribution in [0.4, 0.5) is 21.5 Å². The van der Waals surface area contributed by atoms with Gasteiger partial charge in [0.05, 0.1) is 0 Å². The molecule has 160 valence electrons. The minimum Gasteiger partial charge on any atom is -0.477 e. The second-order valence-electron chi connectivity index (χ2n) is 7.26. The minimum atomic E-state index is -1.39. The number of rotatable bonds is 6. The van der Waals surface area contributed by atoms with Crippen LogP contribution in [0.1, 0.15) is 5.56 Å². The molecule has 4 nitrogen and oxygen atoms in total. The van der Waals surface area contributed by atoms with Gasteiger partial charge in [-0.3, -0.25) is 0 Å². The van der Waals surface area contributed by atoms with Crippen LogP contribution in [0, 0.1) is 17.1 Å². The fraction of sp³-hybridized carbons (Fsp3) is 0. The Balaban J connectivity index is 1.67. The summed E-state index contributed by atoms with van der Waals surface area (Å²) in [6.07, 6.45) is 1.03. The van der Waals surface area contributed by atoms with E-state index in [0.29, 0.717) is 5.56 Å². The lowest BCUT2D eigenvalue weighted by atomic mass is 10.0. The molecule has 0 fully saturated rings. The molecule has 0 saturated carbocycles. The van der Waals surface area contributed by atoms with Crippen molar-refractivity contribution in [2.45, 2.75) is 0 Å². The van der Waals surface area contributed by atoms with Gasteiger partial charge in [0.25, 0.3) is 0 Å². The first kappa shape index (κ1) is 21.5. The van der Waals surface area contributed by atoms with Crippen molar-refractivity contribution in [3.63, 3.8) is 0 Å². The first-order valence-electron chi connectivity index (χ1n) is 10.2. The van der Waals surface area contributed by atoms with Gasteiger partial charge in [-0.15, -0.1) is 0 Å². The number of benzene rings is 4. The van der Waals surface area contributed by atoms with Crippen LogP contribution in [0.5, 0.6) is 0 Å². The van der Waals surface area contributed by atoms with E-state index < -0.39 is 17.4 Å². The Kier molecular flexibility index (Phi) is 6.28. The number of halogens is 1. The van der Waals surface area contributed by atoms with E-state index >= 15 is 0 Å². The lowest BCUT2D eigenvalue weighted by Crippen LogP contribution is -2.09. The summed E-state index contributed by atoms with van der Waals surface area (Å²) in [6, 6.07) is 33.9. The van der Waals surface area contributed by atoms with E-state index in [2.05, 4.69) is 4.90 Å². The molecule has 0 saturated heterocycles. The fourth-order valence-electron chi connectivity index (χ4n) is 3.53. The van der Waals surface area contributed by atoms with Crippen LogP contribution in [-0.4, -0.2) is 11.1 Å². The van der Waals surface area contributed by atoms with E-state index in [4.69, 9.17) is 10.4 Å². The summed E-state index contributed by atoms with van der Waals surface area (Å²) in [7, 11) is 0. The van der Waals surface area contributed by atoms with Gasteiger partial charge in [-0.1, -0.05) is 60.7 Å². The maximum absolute atomic E-state index is 14.6. The quantitative estimate of drug-likeness (QED) is 0.263. The number of carboxylic acid groups (broad SMARTS) is 1. The van der Waals surface area contributed by atoms with Crippen molar-refractivity contribution in [3.8, 4) is 17.2 Å². The van der Waals surface area contributed by atoms with Crippen LogP contribution in [0.25, 0.3) is 17.2 Å². The minimum absolute atomic E-state index is 0.0497. The van der Waals surface area contributed by atoms with Crippen molar-refractivity contribution in [1.82, 2.24) is 0 Å². The molecule has 0 radical (unpaired) electrons. The average Bonchev–Trinajstić information content (AvgIpc) is 2.85. The summed E-state index contributed by atoms with van der Waals surface area (Å²) in [6.45, 7) is 0. The first-order valence-corrected chi connectivity index (χ1v) is 10.2. The monoisotopic (exact) mass is 434 g/mol. The number of nitrogens with zero attached hydrogens (tertiary/aromatic N) is 2. The summed E-state index contributed by atoms with van der Waals surface area (Å²) in [5.74, 6) is -1.99. The van der Waals surface area contributed by atoms with E-state index in [0.717, 1.165) is 28.7 Å². The van der Waals surface area contributed by atoms with Crippen molar-refractivity contribution in [3.05, 3.63) is 120 Å². The number of nitriles is 1. The van der Waals surface area contributed by atoms with Crippen molar-refractivity contribution in [2.75, 3.05) is 4.90 Å². The van der Waals surface area contributed by atoms with Gasteiger partial charge in [0.15, 0.2) is 0 Å². The Morgan fingerprint density at radius 1 is 0.788 bits per heavy atom. The maximum atomic E-state index is 14.6. The molecule has 0 atom stereocenters. The normalized spacial score (nSPS) is 11.0. The molecule has 0 unspecified atom stereocenters.